The normalized spacial score (nSPS) is 9.57. The molecule has 1 N–H and O–H groups in total. The first-order valence-electron chi connectivity index (χ1n) is 6.67. The lowest BCUT2D eigenvalue weighted by Crippen LogP contribution is -2.24. The number of benzene rings is 1. The first-order valence-corrected chi connectivity index (χ1v) is 6.67. The Hall–Kier alpha value is -2.74. The van der Waals surface area contributed by atoms with E-state index in [1.54, 1.807) is 10.9 Å². The van der Waals surface area contributed by atoms with Crippen molar-refractivity contribution in [2.75, 3.05) is 6.54 Å². The van der Waals surface area contributed by atoms with Crippen LogP contribution in [0.3, 0.4) is 0 Å². The number of rotatable bonds is 4. The average molecular weight is 283 g/mol. The van der Waals surface area contributed by atoms with Gasteiger partial charge in [-0.1, -0.05) is 36.3 Å². The van der Waals surface area contributed by atoms with Gasteiger partial charge >= 0.3 is 6.09 Å². The molecule has 2 rings (SSSR count). The molecular formula is C16H17N3O2. The van der Waals surface area contributed by atoms with Crippen molar-refractivity contribution in [3.63, 3.8) is 0 Å². The molecule has 2 aromatic rings. The van der Waals surface area contributed by atoms with E-state index in [-0.39, 0.29) is 6.61 Å². The number of amides is 1. The van der Waals surface area contributed by atoms with E-state index in [2.05, 4.69) is 22.3 Å². The number of hydrogen-bond acceptors (Lipinski definition) is 3. The number of aromatic nitrogens is 2. The van der Waals surface area contributed by atoms with E-state index < -0.39 is 6.09 Å². The van der Waals surface area contributed by atoms with Crippen molar-refractivity contribution in [2.24, 2.45) is 7.05 Å². The summed E-state index contributed by atoms with van der Waals surface area (Å²) in [5.41, 5.74) is 1.81. The number of nitrogens with one attached hydrogen (secondary N) is 1. The highest BCUT2D eigenvalue weighted by atomic mass is 16.5. The van der Waals surface area contributed by atoms with Gasteiger partial charge < -0.3 is 10.1 Å². The Balaban J connectivity index is 1.64. The molecular weight excluding hydrogens is 266 g/mol. The molecule has 1 amide bonds. The van der Waals surface area contributed by atoms with Crippen LogP contribution >= 0.6 is 0 Å². The molecule has 1 aromatic carbocycles. The minimum absolute atomic E-state index is 0.271. The first kappa shape index (κ1) is 14.7. The molecule has 5 nitrogen and oxygen atoms in total. The fraction of sp³-hybridized carbons (Fsp3) is 0.250. The second-order valence-electron chi connectivity index (χ2n) is 4.38. The van der Waals surface area contributed by atoms with Crippen LogP contribution in [0.4, 0.5) is 4.79 Å². The number of nitrogens with zero attached hydrogens (tertiary/aromatic N) is 2. The molecule has 0 fully saturated rings. The first-order chi connectivity index (χ1) is 10.3. The van der Waals surface area contributed by atoms with E-state index in [0.29, 0.717) is 13.0 Å². The summed E-state index contributed by atoms with van der Waals surface area (Å²) in [6.07, 6.45) is 1.83. The van der Waals surface area contributed by atoms with E-state index in [4.69, 9.17) is 4.74 Å². The molecule has 0 saturated heterocycles. The molecule has 0 aliphatic heterocycles. The van der Waals surface area contributed by atoms with E-state index in [0.717, 1.165) is 11.3 Å². The van der Waals surface area contributed by atoms with Crippen LogP contribution in [0.5, 0.6) is 0 Å². The van der Waals surface area contributed by atoms with Gasteiger partial charge in [0, 0.05) is 20.0 Å². The van der Waals surface area contributed by atoms with E-state index in [9.17, 15) is 4.79 Å². The number of carbonyl (C=O) groups is 1. The van der Waals surface area contributed by atoms with Gasteiger partial charge in [-0.15, -0.1) is 0 Å². The number of carbonyl (C=O) groups excluding carboxylic acids is 1. The zero-order valence-corrected chi connectivity index (χ0v) is 11.9. The highest BCUT2D eigenvalue weighted by Gasteiger charge is 2.00. The zero-order chi connectivity index (χ0) is 14.9. The van der Waals surface area contributed by atoms with Crippen molar-refractivity contribution >= 4 is 6.09 Å². The van der Waals surface area contributed by atoms with E-state index >= 15 is 0 Å². The van der Waals surface area contributed by atoms with Crippen molar-refractivity contribution in [1.82, 2.24) is 15.1 Å². The molecule has 1 aromatic heterocycles. The molecule has 108 valence electrons. The minimum Gasteiger partial charge on any atom is -0.445 e. The van der Waals surface area contributed by atoms with Crippen LogP contribution < -0.4 is 5.32 Å². The average Bonchev–Trinajstić information content (AvgIpc) is 2.91. The smallest absolute Gasteiger partial charge is 0.407 e. The Kier molecular flexibility index (Phi) is 5.41. The molecule has 0 spiro atoms. The van der Waals surface area contributed by atoms with Gasteiger partial charge in [-0.05, 0) is 17.6 Å². The van der Waals surface area contributed by atoms with Crippen LogP contribution in [0.2, 0.25) is 0 Å². The standard InChI is InChI=1S/C16H17N3O2/c1-19-15(10-12-18-19)9-5-6-11-17-16(20)21-13-14-7-3-2-4-8-14/h2-4,7-8,10,12H,6,11,13H2,1H3,(H,17,20). The van der Waals surface area contributed by atoms with Gasteiger partial charge in [0.2, 0.25) is 0 Å². The molecule has 1 heterocycles. The molecule has 0 aliphatic carbocycles. The number of ether oxygens (including phenoxy) is 1. The molecule has 0 saturated carbocycles. The van der Waals surface area contributed by atoms with Gasteiger partial charge in [0.05, 0.1) is 6.20 Å². The zero-order valence-electron chi connectivity index (χ0n) is 11.9. The van der Waals surface area contributed by atoms with E-state index in [1.165, 1.54) is 0 Å². The minimum atomic E-state index is -0.429. The molecule has 0 unspecified atom stereocenters. The van der Waals surface area contributed by atoms with Gasteiger partial charge in [-0.2, -0.15) is 5.10 Å². The summed E-state index contributed by atoms with van der Waals surface area (Å²) in [5.74, 6) is 5.96. The molecule has 0 bridgehead atoms. The van der Waals surface area contributed by atoms with Crippen LogP contribution in [-0.2, 0) is 18.4 Å². The Morgan fingerprint density at radius 3 is 2.86 bits per heavy atom. The summed E-state index contributed by atoms with van der Waals surface area (Å²) >= 11 is 0. The highest BCUT2D eigenvalue weighted by molar-refractivity contribution is 5.67. The fourth-order valence-corrected chi connectivity index (χ4v) is 1.65. The largest absolute Gasteiger partial charge is 0.445 e. The maximum absolute atomic E-state index is 11.5. The van der Waals surface area contributed by atoms with Crippen molar-refractivity contribution < 1.29 is 9.53 Å². The Labute approximate surface area is 123 Å². The van der Waals surface area contributed by atoms with Gasteiger partial charge in [0.15, 0.2) is 0 Å². The molecule has 21 heavy (non-hydrogen) atoms. The molecule has 0 aliphatic rings. The third-order valence-corrected chi connectivity index (χ3v) is 2.77. The van der Waals surface area contributed by atoms with Gasteiger partial charge in [0.25, 0.3) is 0 Å². The van der Waals surface area contributed by atoms with Crippen molar-refractivity contribution in [3.8, 4) is 11.8 Å². The molecule has 0 radical (unpaired) electrons. The van der Waals surface area contributed by atoms with Crippen LogP contribution in [0.25, 0.3) is 0 Å². The van der Waals surface area contributed by atoms with Crippen molar-refractivity contribution in [2.45, 2.75) is 13.0 Å². The summed E-state index contributed by atoms with van der Waals surface area (Å²) in [6.45, 7) is 0.728. The second kappa shape index (κ2) is 7.75. The predicted molar refractivity (Wildman–Crippen MR) is 79.3 cm³/mol. The topological polar surface area (TPSA) is 56.2 Å². The van der Waals surface area contributed by atoms with Crippen LogP contribution in [0.15, 0.2) is 42.6 Å². The predicted octanol–water partition coefficient (Wildman–Crippen LogP) is 2.09. The summed E-state index contributed by atoms with van der Waals surface area (Å²) in [7, 11) is 1.84. The molecule has 0 atom stereocenters. The number of aryl methyl sites for hydroxylation is 1. The number of alkyl carbamates (subject to hydrolysis) is 1. The lowest BCUT2D eigenvalue weighted by atomic mass is 10.2. The maximum Gasteiger partial charge on any atom is 0.407 e. The summed E-state index contributed by atoms with van der Waals surface area (Å²) in [4.78, 5) is 11.5. The van der Waals surface area contributed by atoms with Crippen LogP contribution in [0, 0.1) is 11.8 Å². The fourth-order valence-electron chi connectivity index (χ4n) is 1.65. The molecule has 5 heteroatoms. The lowest BCUT2D eigenvalue weighted by molar-refractivity contribution is 0.140. The SMILES string of the molecule is Cn1nccc1C#CCCNC(=O)OCc1ccccc1. The quantitative estimate of drug-likeness (QED) is 0.690. The van der Waals surface area contributed by atoms with Crippen LogP contribution in [0.1, 0.15) is 17.7 Å². The second-order valence-corrected chi connectivity index (χ2v) is 4.38. The van der Waals surface area contributed by atoms with Gasteiger partial charge in [-0.3, -0.25) is 4.68 Å². The third kappa shape index (κ3) is 5.03. The van der Waals surface area contributed by atoms with Crippen molar-refractivity contribution in [3.05, 3.63) is 53.9 Å². The third-order valence-electron chi connectivity index (χ3n) is 2.77. The Bertz CT molecular complexity index is 638. The number of hydrogen-bond donors (Lipinski definition) is 1. The highest BCUT2D eigenvalue weighted by Crippen LogP contribution is 2.00. The van der Waals surface area contributed by atoms with Crippen molar-refractivity contribution in [1.29, 1.82) is 0 Å². The van der Waals surface area contributed by atoms with E-state index in [1.807, 2.05) is 43.4 Å². The Morgan fingerprint density at radius 2 is 2.14 bits per heavy atom. The van der Waals surface area contributed by atoms with Gasteiger partial charge in [-0.25, -0.2) is 4.79 Å². The summed E-state index contributed by atoms with van der Waals surface area (Å²) in [6, 6.07) is 11.4. The maximum atomic E-state index is 11.5. The summed E-state index contributed by atoms with van der Waals surface area (Å²) < 4.78 is 6.79. The monoisotopic (exact) mass is 283 g/mol. The Morgan fingerprint density at radius 1 is 1.33 bits per heavy atom. The lowest BCUT2D eigenvalue weighted by Gasteiger charge is -2.05. The van der Waals surface area contributed by atoms with Gasteiger partial charge in [0.1, 0.15) is 12.3 Å². The summed E-state index contributed by atoms with van der Waals surface area (Å²) in [5, 5.41) is 6.68. The van der Waals surface area contributed by atoms with Crippen LogP contribution in [-0.4, -0.2) is 22.4 Å².